The lowest BCUT2D eigenvalue weighted by Crippen LogP contribution is -2.28. The van der Waals surface area contributed by atoms with Gasteiger partial charge < -0.3 is 29.5 Å². The zero-order valence-electron chi connectivity index (χ0n) is 22.0. The molecule has 1 saturated heterocycles. The first-order valence-electron chi connectivity index (χ1n) is 12.7. The van der Waals surface area contributed by atoms with Crippen molar-refractivity contribution in [1.29, 1.82) is 0 Å². The molecule has 2 rings (SSSR count). The molecule has 1 aromatic carbocycles. The van der Waals surface area contributed by atoms with Crippen molar-refractivity contribution < 1.29 is 19.7 Å². The highest BCUT2D eigenvalue weighted by Gasteiger charge is 2.19. The van der Waals surface area contributed by atoms with Crippen LogP contribution in [0.4, 0.5) is 0 Å². The van der Waals surface area contributed by atoms with Gasteiger partial charge in [0.05, 0.1) is 31.2 Å². The van der Waals surface area contributed by atoms with Gasteiger partial charge in [0.25, 0.3) is 0 Å². The number of rotatable bonds is 15. The Bertz CT molecular complexity index is 806. The van der Waals surface area contributed by atoms with E-state index in [4.69, 9.17) is 9.47 Å². The van der Waals surface area contributed by atoms with Crippen LogP contribution in [0.2, 0.25) is 0 Å². The molecular formula is C28H46N2O4. The number of nitrogens with zero attached hydrogens (tertiary/aromatic N) is 2. The Kier molecular flexibility index (Phi) is 12.1. The first-order valence-corrected chi connectivity index (χ1v) is 12.7. The first-order chi connectivity index (χ1) is 16.2. The molecule has 2 N–H and O–H groups in total. The number of ether oxygens (including phenoxy) is 2. The van der Waals surface area contributed by atoms with Crippen molar-refractivity contribution in [1.82, 2.24) is 9.80 Å². The van der Waals surface area contributed by atoms with Crippen molar-refractivity contribution >= 4 is 5.57 Å². The van der Waals surface area contributed by atoms with Crippen LogP contribution >= 0.6 is 0 Å². The van der Waals surface area contributed by atoms with E-state index >= 15 is 0 Å². The molecule has 1 fully saturated rings. The van der Waals surface area contributed by atoms with E-state index in [1.165, 1.54) is 0 Å². The number of benzene rings is 1. The maximum absolute atomic E-state index is 9.62. The molecule has 0 aliphatic carbocycles. The predicted octanol–water partition coefficient (Wildman–Crippen LogP) is 4.25. The van der Waals surface area contributed by atoms with Crippen LogP contribution in [0.1, 0.15) is 57.6 Å². The average molecular weight is 475 g/mol. The number of hydrogen-bond acceptors (Lipinski definition) is 6. The summed E-state index contributed by atoms with van der Waals surface area (Å²) in [5, 5.41) is 19.1. The van der Waals surface area contributed by atoms with Gasteiger partial charge in [-0.3, -0.25) is 0 Å². The minimum Gasteiger partial charge on any atom is -0.498 e. The molecule has 1 aromatic rings. The summed E-state index contributed by atoms with van der Waals surface area (Å²) in [4.78, 5) is 4.44. The van der Waals surface area contributed by atoms with Gasteiger partial charge in [0.1, 0.15) is 5.75 Å². The van der Waals surface area contributed by atoms with E-state index in [-0.39, 0.29) is 12.2 Å². The molecule has 0 spiro atoms. The van der Waals surface area contributed by atoms with Crippen LogP contribution in [-0.4, -0.2) is 85.2 Å². The molecule has 2 atom stereocenters. The minimum absolute atomic E-state index is 0.163. The lowest BCUT2D eigenvalue weighted by atomic mass is 9.96. The third kappa shape index (κ3) is 9.79. The van der Waals surface area contributed by atoms with E-state index in [1.807, 2.05) is 27.0 Å². The summed E-state index contributed by atoms with van der Waals surface area (Å²) in [5.74, 6) is 1.79. The zero-order chi connectivity index (χ0) is 25.1. The van der Waals surface area contributed by atoms with E-state index in [0.29, 0.717) is 19.8 Å². The number of aliphatic hydroxyl groups is 2. The molecule has 1 heterocycles. The van der Waals surface area contributed by atoms with Crippen molar-refractivity contribution in [3.05, 3.63) is 47.2 Å². The quantitative estimate of drug-likeness (QED) is 0.225. The summed E-state index contributed by atoms with van der Waals surface area (Å²) in [6.45, 7) is 18.0. The first kappa shape index (κ1) is 28.4. The number of aryl methyl sites for hydroxylation is 1. The number of likely N-dealkylation sites (tertiary alicyclic amines) is 1. The highest BCUT2D eigenvalue weighted by atomic mass is 16.5. The third-order valence-corrected chi connectivity index (χ3v) is 6.47. The van der Waals surface area contributed by atoms with Gasteiger partial charge in [-0.25, -0.2) is 0 Å². The molecule has 0 aromatic heterocycles. The monoisotopic (exact) mass is 474 g/mol. The van der Waals surface area contributed by atoms with Crippen LogP contribution in [0.25, 0.3) is 5.57 Å². The van der Waals surface area contributed by atoms with Crippen LogP contribution in [0.15, 0.2) is 36.1 Å². The van der Waals surface area contributed by atoms with E-state index in [9.17, 15) is 10.2 Å². The van der Waals surface area contributed by atoms with Gasteiger partial charge in [0.15, 0.2) is 0 Å². The Hall–Kier alpha value is -1.86. The van der Waals surface area contributed by atoms with Crippen LogP contribution in [0.5, 0.6) is 5.75 Å². The fraction of sp³-hybridized carbons (Fsp3) is 0.643. The number of β-amino-alcohol motifs (C(OH)–C–C–N with tert-alkyl or cyclic N) is 1. The summed E-state index contributed by atoms with van der Waals surface area (Å²) in [7, 11) is 2.03. The minimum atomic E-state index is -0.292. The lowest BCUT2D eigenvalue weighted by molar-refractivity contribution is 0.137. The van der Waals surface area contributed by atoms with Crippen LogP contribution in [0, 0.1) is 6.92 Å². The second kappa shape index (κ2) is 14.5. The van der Waals surface area contributed by atoms with E-state index in [1.54, 1.807) is 0 Å². The third-order valence-electron chi connectivity index (χ3n) is 6.47. The Morgan fingerprint density at radius 1 is 1.24 bits per heavy atom. The molecule has 0 radical (unpaired) electrons. The molecule has 1 aliphatic rings. The van der Waals surface area contributed by atoms with Crippen LogP contribution < -0.4 is 4.74 Å². The van der Waals surface area contributed by atoms with Gasteiger partial charge in [-0.05, 0) is 101 Å². The Morgan fingerprint density at radius 2 is 2.00 bits per heavy atom. The topological polar surface area (TPSA) is 65.4 Å². The molecule has 0 saturated carbocycles. The van der Waals surface area contributed by atoms with Crippen molar-refractivity contribution in [3.8, 4) is 5.75 Å². The molecule has 192 valence electrons. The largest absolute Gasteiger partial charge is 0.498 e. The SMILES string of the molecule is C=C(/C(C)=C(\C)OCCCCN(C)C[C@@H](C)O)c1ccc(OCCCN2CC[C@@H](O)C2)cc1C. The Labute approximate surface area is 206 Å². The highest BCUT2D eigenvalue weighted by Crippen LogP contribution is 2.29. The molecule has 6 heteroatoms. The van der Waals surface area contributed by atoms with Gasteiger partial charge in [-0.2, -0.15) is 0 Å². The maximum Gasteiger partial charge on any atom is 0.119 e. The smallest absolute Gasteiger partial charge is 0.119 e. The van der Waals surface area contributed by atoms with E-state index in [2.05, 4.69) is 42.4 Å². The number of likely N-dealkylation sites (N-methyl/N-ethyl adjacent to an activating group) is 1. The molecule has 0 amide bonds. The van der Waals surface area contributed by atoms with Crippen LogP contribution in [-0.2, 0) is 4.74 Å². The van der Waals surface area contributed by atoms with Gasteiger partial charge in [0, 0.05) is 26.2 Å². The predicted molar refractivity (Wildman–Crippen MR) is 140 cm³/mol. The molecule has 0 unspecified atom stereocenters. The summed E-state index contributed by atoms with van der Waals surface area (Å²) in [6.07, 6.45) is 3.40. The molecule has 0 bridgehead atoms. The molecule has 6 nitrogen and oxygen atoms in total. The van der Waals surface area contributed by atoms with Gasteiger partial charge in [-0.15, -0.1) is 0 Å². The molecular weight excluding hydrogens is 428 g/mol. The standard InChI is InChI=1S/C28H46N2O4/c1-21-18-27(34-17-9-14-30-15-12-26(32)20-30)10-11-28(21)24(4)23(3)25(5)33-16-8-7-13-29(6)19-22(2)31/h10-11,18,22,26,31-32H,4,7-9,12-17,19-20H2,1-3,5-6H3/b25-23+/t22-,26-/m1/s1. The number of aliphatic hydroxyl groups excluding tert-OH is 2. The summed E-state index contributed by atoms with van der Waals surface area (Å²) in [5.41, 5.74) is 4.29. The van der Waals surface area contributed by atoms with E-state index < -0.39 is 0 Å². The lowest BCUT2D eigenvalue weighted by Gasteiger charge is -2.18. The normalized spacial score (nSPS) is 18.2. The second-order valence-corrected chi connectivity index (χ2v) is 9.75. The fourth-order valence-corrected chi connectivity index (χ4v) is 4.33. The van der Waals surface area contributed by atoms with Gasteiger partial charge in [-0.1, -0.05) is 12.6 Å². The Balaban J connectivity index is 1.76. The summed E-state index contributed by atoms with van der Waals surface area (Å²) >= 11 is 0. The molecule has 34 heavy (non-hydrogen) atoms. The van der Waals surface area contributed by atoms with Gasteiger partial charge >= 0.3 is 0 Å². The molecule has 1 aliphatic heterocycles. The van der Waals surface area contributed by atoms with E-state index in [0.717, 1.165) is 85.6 Å². The van der Waals surface area contributed by atoms with Crippen molar-refractivity contribution in [2.45, 2.75) is 65.6 Å². The summed E-state index contributed by atoms with van der Waals surface area (Å²) < 4.78 is 12.0. The highest BCUT2D eigenvalue weighted by molar-refractivity contribution is 5.79. The van der Waals surface area contributed by atoms with Gasteiger partial charge in [0.2, 0.25) is 0 Å². The van der Waals surface area contributed by atoms with Crippen molar-refractivity contribution in [3.63, 3.8) is 0 Å². The maximum atomic E-state index is 9.62. The van der Waals surface area contributed by atoms with Crippen molar-refractivity contribution in [2.24, 2.45) is 0 Å². The number of hydrogen-bond donors (Lipinski definition) is 2. The van der Waals surface area contributed by atoms with Crippen LogP contribution in [0.3, 0.4) is 0 Å². The fourth-order valence-electron chi connectivity index (χ4n) is 4.33. The average Bonchev–Trinajstić information content (AvgIpc) is 3.20. The number of allylic oxidation sites excluding steroid dienone is 3. The Morgan fingerprint density at radius 3 is 2.65 bits per heavy atom. The van der Waals surface area contributed by atoms with Crippen molar-refractivity contribution in [2.75, 3.05) is 53.0 Å². The summed E-state index contributed by atoms with van der Waals surface area (Å²) in [6, 6.07) is 6.17. The zero-order valence-corrected chi connectivity index (χ0v) is 22.0. The second-order valence-electron chi connectivity index (χ2n) is 9.75. The number of unbranched alkanes of at least 4 members (excludes halogenated alkanes) is 1.